The third kappa shape index (κ3) is 5.01. The molecule has 0 saturated carbocycles. The molecule has 0 spiro atoms. The van der Waals surface area contributed by atoms with Crippen LogP contribution in [0.5, 0.6) is 0 Å². The van der Waals surface area contributed by atoms with E-state index in [1.54, 1.807) is 13.2 Å². The van der Waals surface area contributed by atoms with Crippen LogP contribution in [0.25, 0.3) is 10.2 Å². The monoisotopic (exact) mass is 459 g/mol. The molecule has 2 heterocycles. The van der Waals surface area contributed by atoms with E-state index in [0.717, 1.165) is 14.6 Å². The maximum absolute atomic E-state index is 12.9. The van der Waals surface area contributed by atoms with Gasteiger partial charge in [-0.15, -0.1) is 11.3 Å². The predicted octanol–water partition coefficient (Wildman–Crippen LogP) is 3.48. The second-order valence-corrected chi connectivity index (χ2v) is 9.80. The number of amides is 2. The molecule has 9 heteroatoms. The largest absolute Gasteiger partial charge is 0.378 e. The van der Waals surface area contributed by atoms with Gasteiger partial charge in [0, 0.05) is 31.5 Å². The minimum Gasteiger partial charge on any atom is -0.378 e. The van der Waals surface area contributed by atoms with Crippen LogP contribution in [0, 0.1) is 0 Å². The number of thioether (sulfide) groups is 1. The Hall–Kier alpha value is -2.20. The number of anilines is 1. The average Bonchev–Trinajstić information content (AvgIpc) is 3.20. The number of hydrogen-bond acceptors (Lipinski definition) is 7. The fourth-order valence-electron chi connectivity index (χ4n) is 3.52. The Balaban J connectivity index is 1.41. The van der Waals surface area contributed by atoms with Crippen LogP contribution in [0.1, 0.15) is 13.3 Å². The highest BCUT2D eigenvalue weighted by molar-refractivity contribution is 8.01. The molecule has 164 valence electrons. The number of methoxy groups -OCH3 is 1. The van der Waals surface area contributed by atoms with Crippen LogP contribution in [0.15, 0.2) is 46.3 Å². The number of allylic oxidation sites excluding steroid dienone is 2. The van der Waals surface area contributed by atoms with E-state index in [1.807, 2.05) is 42.2 Å². The van der Waals surface area contributed by atoms with Crippen molar-refractivity contribution in [1.82, 2.24) is 9.88 Å². The summed E-state index contributed by atoms with van der Waals surface area (Å²) in [6.45, 7) is 4.41. The first-order valence-corrected chi connectivity index (χ1v) is 11.9. The van der Waals surface area contributed by atoms with Crippen molar-refractivity contribution in [3.8, 4) is 0 Å². The quantitative estimate of drug-likeness (QED) is 0.666. The molecule has 1 atom stereocenters. The summed E-state index contributed by atoms with van der Waals surface area (Å²) in [6.07, 6.45) is 6.32. The van der Waals surface area contributed by atoms with Gasteiger partial charge < -0.3 is 19.7 Å². The molecular formula is C22H25N3O4S2. The van der Waals surface area contributed by atoms with Gasteiger partial charge in [0.2, 0.25) is 5.91 Å². The van der Waals surface area contributed by atoms with E-state index in [2.05, 4.69) is 10.3 Å². The highest BCUT2D eigenvalue weighted by Gasteiger charge is 2.33. The van der Waals surface area contributed by atoms with E-state index in [0.29, 0.717) is 49.7 Å². The van der Waals surface area contributed by atoms with E-state index >= 15 is 0 Å². The standard InChI is InChI=1S/C22H25N3O4S2/c1-22(28-2)8-4-3-5-16(22)20(27)23-15-6-7-17-18(13-15)31-21(24-17)30-14-19(26)25-9-11-29-12-10-25/h3-7,13H,8-12,14H2,1-2H3,(H,23,27). The Morgan fingerprint density at radius 1 is 1.35 bits per heavy atom. The second-order valence-electron chi connectivity index (χ2n) is 7.55. The number of thiazole rings is 1. The van der Waals surface area contributed by atoms with Crippen LogP contribution in [-0.4, -0.2) is 66.5 Å². The number of fused-ring (bicyclic) bond motifs is 1. The van der Waals surface area contributed by atoms with Crippen LogP contribution in [-0.2, 0) is 19.1 Å². The maximum Gasteiger partial charge on any atom is 0.254 e. The summed E-state index contributed by atoms with van der Waals surface area (Å²) in [5.41, 5.74) is 1.52. The Morgan fingerprint density at radius 3 is 2.94 bits per heavy atom. The Morgan fingerprint density at radius 2 is 2.16 bits per heavy atom. The molecule has 31 heavy (non-hydrogen) atoms. The fourth-order valence-corrected chi connectivity index (χ4v) is 5.53. The number of aromatic nitrogens is 1. The van der Waals surface area contributed by atoms with Crippen LogP contribution in [0.3, 0.4) is 0 Å². The van der Waals surface area contributed by atoms with Gasteiger partial charge in [-0.05, 0) is 31.5 Å². The lowest BCUT2D eigenvalue weighted by molar-refractivity contribution is -0.132. The van der Waals surface area contributed by atoms with Gasteiger partial charge in [0.1, 0.15) is 0 Å². The zero-order chi connectivity index (χ0) is 21.8. The van der Waals surface area contributed by atoms with Gasteiger partial charge in [0.15, 0.2) is 4.34 Å². The summed E-state index contributed by atoms with van der Waals surface area (Å²) < 4.78 is 12.7. The number of carbonyl (C=O) groups excluding carboxylic acids is 2. The van der Waals surface area contributed by atoms with Crippen molar-refractivity contribution in [3.05, 3.63) is 42.0 Å². The van der Waals surface area contributed by atoms with Gasteiger partial charge in [-0.2, -0.15) is 0 Å². The number of morpholine rings is 1. The molecule has 1 aromatic carbocycles. The molecule has 1 fully saturated rings. The van der Waals surface area contributed by atoms with Gasteiger partial charge in [0.25, 0.3) is 5.91 Å². The number of benzene rings is 1. The summed E-state index contributed by atoms with van der Waals surface area (Å²) in [5, 5.41) is 2.97. The van der Waals surface area contributed by atoms with E-state index < -0.39 is 5.60 Å². The van der Waals surface area contributed by atoms with Crippen LogP contribution in [0.2, 0.25) is 0 Å². The molecule has 1 N–H and O–H groups in total. The van der Waals surface area contributed by atoms with Crippen molar-refractivity contribution in [2.45, 2.75) is 23.3 Å². The van der Waals surface area contributed by atoms with Crippen LogP contribution >= 0.6 is 23.1 Å². The smallest absolute Gasteiger partial charge is 0.254 e. The fraction of sp³-hybridized carbons (Fsp3) is 0.409. The third-order valence-electron chi connectivity index (χ3n) is 5.48. The molecule has 2 aliphatic rings. The van der Waals surface area contributed by atoms with Crippen molar-refractivity contribution in [2.75, 3.05) is 44.5 Å². The van der Waals surface area contributed by atoms with E-state index in [1.165, 1.54) is 23.1 Å². The molecule has 1 saturated heterocycles. The predicted molar refractivity (Wildman–Crippen MR) is 124 cm³/mol. The van der Waals surface area contributed by atoms with Crippen molar-refractivity contribution in [1.29, 1.82) is 0 Å². The first kappa shape index (κ1) is 22.0. The summed E-state index contributed by atoms with van der Waals surface area (Å²) >= 11 is 2.97. The SMILES string of the molecule is COC1(C)CC=CC=C1C(=O)Nc1ccc2nc(SCC(=O)N3CCOCC3)sc2c1. The minimum absolute atomic E-state index is 0.108. The number of ether oxygens (including phenoxy) is 2. The zero-order valence-corrected chi connectivity index (χ0v) is 19.2. The second kappa shape index (κ2) is 9.52. The van der Waals surface area contributed by atoms with E-state index in [9.17, 15) is 9.59 Å². The van der Waals surface area contributed by atoms with Gasteiger partial charge in [-0.1, -0.05) is 30.0 Å². The zero-order valence-electron chi connectivity index (χ0n) is 17.6. The van der Waals surface area contributed by atoms with Crippen molar-refractivity contribution in [2.24, 2.45) is 0 Å². The number of rotatable bonds is 6. The summed E-state index contributed by atoms with van der Waals surface area (Å²) in [4.78, 5) is 31.6. The number of carbonyl (C=O) groups is 2. The van der Waals surface area contributed by atoms with Gasteiger partial charge in [-0.3, -0.25) is 9.59 Å². The third-order valence-corrected chi connectivity index (χ3v) is 7.63. The molecular weight excluding hydrogens is 434 g/mol. The molecule has 1 aliphatic carbocycles. The molecule has 7 nitrogen and oxygen atoms in total. The van der Waals surface area contributed by atoms with Crippen molar-refractivity contribution in [3.63, 3.8) is 0 Å². The highest BCUT2D eigenvalue weighted by atomic mass is 32.2. The average molecular weight is 460 g/mol. The lowest BCUT2D eigenvalue weighted by Crippen LogP contribution is -2.41. The van der Waals surface area contributed by atoms with Crippen molar-refractivity contribution < 1.29 is 19.1 Å². The number of nitrogens with zero attached hydrogens (tertiary/aromatic N) is 2. The normalized spacial score (nSPS) is 21.2. The molecule has 1 aromatic heterocycles. The van der Waals surface area contributed by atoms with Gasteiger partial charge >= 0.3 is 0 Å². The minimum atomic E-state index is -0.635. The highest BCUT2D eigenvalue weighted by Crippen LogP contribution is 2.33. The Kier molecular flexibility index (Phi) is 6.76. The van der Waals surface area contributed by atoms with Gasteiger partial charge in [-0.25, -0.2) is 4.98 Å². The first-order valence-electron chi connectivity index (χ1n) is 10.1. The first-order chi connectivity index (χ1) is 15.0. The molecule has 0 radical (unpaired) electrons. The molecule has 4 rings (SSSR count). The molecule has 2 aromatic rings. The number of hydrogen-bond donors (Lipinski definition) is 1. The molecule has 1 aliphatic heterocycles. The summed E-state index contributed by atoms with van der Waals surface area (Å²) in [7, 11) is 1.62. The maximum atomic E-state index is 12.9. The Bertz CT molecular complexity index is 1040. The molecule has 0 bridgehead atoms. The van der Waals surface area contributed by atoms with E-state index in [4.69, 9.17) is 9.47 Å². The topological polar surface area (TPSA) is 80.8 Å². The van der Waals surface area contributed by atoms with E-state index in [-0.39, 0.29) is 11.8 Å². The van der Waals surface area contributed by atoms with Crippen molar-refractivity contribution >= 4 is 50.8 Å². The summed E-state index contributed by atoms with van der Waals surface area (Å²) in [6, 6.07) is 5.65. The van der Waals surface area contributed by atoms with Gasteiger partial charge in [0.05, 0.1) is 34.8 Å². The van der Waals surface area contributed by atoms with Crippen LogP contribution in [0.4, 0.5) is 5.69 Å². The molecule has 1 unspecified atom stereocenters. The molecule has 2 amide bonds. The summed E-state index contributed by atoms with van der Waals surface area (Å²) in [5.74, 6) is 0.292. The Labute approximate surface area is 189 Å². The number of nitrogens with one attached hydrogen (secondary N) is 1. The lowest BCUT2D eigenvalue weighted by Gasteiger charge is -2.31. The lowest BCUT2D eigenvalue weighted by atomic mass is 9.87. The van der Waals surface area contributed by atoms with Crippen LogP contribution < -0.4 is 5.32 Å².